The topological polar surface area (TPSA) is 58.4 Å². The summed E-state index contributed by atoms with van der Waals surface area (Å²) in [6.45, 7) is 2.72. The van der Waals surface area contributed by atoms with Gasteiger partial charge in [-0.2, -0.15) is 0 Å². The summed E-state index contributed by atoms with van der Waals surface area (Å²) in [5, 5.41) is 2.91. The molecular formula is C16H25N3O. The molecule has 0 aromatic heterocycles. The molecule has 1 aromatic carbocycles. The van der Waals surface area contributed by atoms with E-state index < -0.39 is 0 Å². The third kappa shape index (κ3) is 3.97. The van der Waals surface area contributed by atoms with Crippen LogP contribution in [0.2, 0.25) is 0 Å². The summed E-state index contributed by atoms with van der Waals surface area (Å²) in [6, 6.07) is 7.82. The molecule has 0 aliphatic heterocycles. The van der Waals surface area contributed by atoms with Gasteiger partial charge in [0.1, 0.15) is 0 Å². The van der Waals surface area contributed by atoms with Gasteiger partial charge in [-0.05, 0) is 44.0 Å². The summed E-state index contributed by atoms with van der Waals surface area (Å²) >= 11 is 0. The molecule has 1 aromatic rings. The van der Waals surface area contributed by atoms with E-state index in [4.69, 9.17) is 5.73 Å². The van der Waals surface area contributed by atoms with Gasteiger partial charge in [-0.3, -0.25) is 9.69 Å². The van der Waals surface area contributed by atoms with E-state index in [0.29, 0.717) is 24.2 Å². The number of nitrogens with zero attached hydrogens (tertiary/aromatic N) is 1. The number of hydrogen-bond donors (Lipinski definition) is 2. The third-order valence-electron chi connectivity index (χ3n) is 4.20. The fourth-order valence-electron chi connectivity index (χ4n) is 3.11. The van der Waals surface area contributed by atoms with Crippen LogP contribution in [0.5, 0.6) is 0 Å². The van der Waals surface area contributed by atoms with Crippen molar-refractivity contribution in [3.05, 3.63) is 24.3 Å². The van der Waals surface area contributed by atoms with Crippen molar-refractivity contribution in [1.82, 2.24) is 4.90 Å². The lowest BCUT2D eigenvalue weighted by Crippen LogP contribution is -2.42. The smallest absolute Gasteiger partial charge is 0.238 e. The Morgan fingerprint density at radius 3 is 2.85 bits per heavy atom. The average molecular weight is 275 g/mol. The van der Waals surface area contributed by atoms with Gasteiger partial charge in [-0.1, -0.05) is 25.8 Å². The molecule has 3 N–H and O–H groups in total. The van der Waals surface area contributed by atoms with E-state index in [1.54, 1.807) is 6.07 Å². The Bertz CT molecular complexity index is 461. The zero-order valence-corrected chi connectivity index (χ0v) is 12.4. The van der Waals surface area contributed by atoms with E-state index in [-0.39, 0.29) is 5.91 Å². The maximum atomic E-state index is 12.1. The quantitative estimate of drug-likeness (QED) is 0.831. The first-order chi connectivity index (χ1) is 9.56. The highest BCUT2D eigenvalue weighted by molar-refractivity contribution is 5.92. The third-order valence-corrected chi connectivity index (χ3v) is 4.20. The number of carbonyl (C=O) groups excluding carboxylic acids is 1. The second kappa shape index (κ2) is 6.75. The second-order valence-corrected chi connectivity index (χ2v) is 5.92. The monoisotopic (exact) mass is 275 g/mol. The van der Waals surface area contributed by atoms with Crippen LogP contribution in [-0.4, -0.2) is 30.4 Å². The predicted octanol–water partition coefficient (Wildman–Crippen LogP) is 2.72. The zero-order valence-electron chi connectivity index (χ0n) is 12.4. The molecule has 1 saturated carbocycles. The molecule has 4 heteroatoms. The van der Waals surface area contributed by atoms with Gasteiger partial charge < -0.3 is 11.1 Å². The van der Waals surface area contributed by atoms with Crippen molar-refractivity contribution >= 4 is 17.3 Å². The molecule has 0 heterocycles. The van der Waals surface area contributed by atoms with Crippen LogP contribution in [0, 0.1) is 5.92 Å². The van der Waals surface area contributed by atoms with E-state index in [1.807, 2.05) is 25.2 Å². The highest BCUT2D eigenvalue weighted by atomic mass is 16.2. The number of carbonyl (C=O) groups is 1. The largest absolute Gasteiger partial charge is 0.399 e. The van der Waals surface area contributed by atoms with E-state index in [2.05, 4.69) is 17.1 Å². The molecule has 4 nitrogen and oxygen atoms in total. The molecule has 0 radical (unpaired) electrons. The van der Waals surface area contributed by atoms with Crippen LogP contribution in [0.15, 0.2) is 24.3 Å². The molecule has 1 aliphatic rings. The Balaban J connectivity index is 1.87. The number of amides is 1. The Labute approximate surface area is 121 Å². The number of likely N-dealkylation sites (N-methyl/N-ethyl adjacent to an activating group) is 1. The van der Waals surface area contributed by atoms with Gasteiger partial charge in [0.15, 0.2) is 0 Å². The van der Waals surface area contributed by atoms with Gasteiger partial charge in [-0.15, -0.1) is 0 Å². The lowest BCUT2D eigenvalue weighted by Gasteiger charge is -2.35. The van der Waals surface area contributed by atoms with Gasteiger partial charge in [0, 0.05) is 17.4 Å². The van der Waals surface area contributed by atoms with Gasteiger partial charge in [0.2, 0.25) is 5.91 Å². The van der Waals surface area contributed by atoms with Crippen molar-refractivity contribution in [2.45, 2.75) is 38.6 Å². The van der Waals surface area contributed by atoms with Crippen LogP contribution in [0.3, 0.4) is 0 Å². The van der Waals surface area contributed by atoms with Gasteiger partial charge in [0.05, 0.1) is 6.54 Å². The minimum Gasteiger partial charge on any atom is -0.399 e. The number of nitrogens with one attached hydrogen (secondary N) is 1. The normalized spacial score (nSPS) is 22.8. The van der Waals surface area contributed by atoms with E-state index >= 15 is 0 Å². The van der Waals surface area contributed by atoms with Crippen LogP contribution in [0.25, 0.3) is 0 Å². The van der Waals surface area contributed by atoms with Crippen molar-refractivity contribution in [1.29, 1.82) is 0 Å². The first-order valence-electron chi connectivity index (χ1n) is 7.42. The zero-order chi connectivity index (χ0) is 14.5. The number of benzene rings is 1. The van der Waals surface area contributed by atoms with Crippen LogP contribution >= 0.6 is 0 Å². The maximum absolute atomic E-state index is 12.1. The summed E-state index contributed by atoms with van der Waals surface area (Å²) in [5.74, 6) is 0.699. The lowest BCUT2D eigenvalue weighted by molar-refractivity contribution is -0.117. The van der Waals surface area contributed by atoms with E-state index in [1.165, 1.54) is 25.7 Å². The molecule has 2 atom stereocenters. The molecule has 2 rings (SSSR count). The van der Waals surface area contributed by atoms with Crippen LogP contribution < -0.4 is 11.1 Å². The van der Waals surface area contributed by atoms with Gasteiger partial charge in [0.25, 0.3) is 0 Å². The summed E-state index contributed by atoms with van der Waals surface area (Å²) in [5.41, 5.74) is 7.14. The van der Waals surface area contributed by atoms with Crippen molar-refractivity contribution < 1.29 is 4.79 Å². The number of nitrogen functional groups attached to an aromatic ring is 1. The number of hydrogen-bond acceptors (Lipinski definition) is 3. The predicted molar refractivity (Wildman–Crippen MR) is 83.5 cm³/mol. The van der Waals surface area contributed by atoms with Crippen molar-refractivity contribution in [2.24, 2.45) is 5.92 Å². The van der Waals surface area contributed by atoms with Gasteiger partial charge in [-0.25, -0.2) is 0 Å². The number of nitrogens with two attached hydrogens (primary N) is 1. The first-order valence-corrected chi connectivity index (χ1v) is 7.42. The van der Waals surface area contributed by atoms with E-state index in [0.717, 1.165) is 5.69 Å². The number of anilines is 2. The minimum atomic E-state index is 0.0240. The Morgan fingerprint density at radius 2 is 2.15 bits per heavy atom. The number of rotatable bonds is 4. The molecule has 2 unspecified atom stereocenters. The molecule has 110 valence electrons. The minimum absolute atomic E-state index is 0.0240. The highest BCUT2D eigenvalue weighted by Crippen LogP contribution is 2.27. The summed E-state index contributed by atoms with van der Waals surface area (Å²) in [6.07, 6.45) is 5.06. The SMILES string of the molecule is CC1CCCCC1N(C)CC(=O)Nc1cccc(N)c1. The fraction of sp³-hybridized carbons (Fsp3) is 0.562. The van der Waals surface area contributed by atoms with Crippen molar-refractivity contribution in [3.8, 4) is 0 Å². The van der Waals surface area contributed by atoms with Crippen LogP contribution in [0.1, 0.15) is 32.6 Å². The Kier molecular flexibility index (Phi) is 5.01. The Morgan fingerprint density at radius 1 is 1.40 bits per heavy atom. The van der Waals surface area contributed by atoms with Crippen LogP contribution in [-0.2, 0) is 4.79 Å². The maximum Gasteiger partial charge on any atom is 0.238 e. The second-order valence-electron chi connectivity index (χ2n) is 5.92. The molecular weight excluding hydrogens is 250 g/mol. The Hall–Kier alpha value is -1.55. The fourth-order valence-corrected chi connectivity index (χ4v) is 3.11. The molecule has 1 amide bonds. The average Bonchev–Trinajstić information content (AvgIpc) is 2.38. The molecule has 0 spiro atoms. The van der Waals surface area contributed by atoms with Gasteiger partial charge >= 0.3 is 0 Å². The molecule has 0 bridgehead atoms. The van der Waals surface area contributed by atoms with Crippen molar-refractivity contribution in [3.63, 3.8) is 0 Å². The molecule has 20 heavy (non-hydrogen) atoms. The summed E-state index contributed by atoms with van der Waals surface area (Å²) < 4.78 is 0. The summed E-state index contributed by atoms with van der Waals surface area (Å²) in [7, 11) is 2.05. The highest BCUT2D eigenvalue weighted by Gasteiger charge is 2.25. The standard InChI is InChI=1S/C16H25N3O/c1-12-6-3-4-9-15(12)19(2)11-16(20)18-14-8-5-7-13(17)10-14/h5,7-8,10,12,15H,3-4,6,9,11,17H2,1-2H3,(H,18,20). The van der Waals surface area contributed by atoms with Crippen molar-refractivity contribution in [2.75, 3.05) is 24.6 Å². The molecule has 1 aliphatic carbocycles. The van der Waals surface area contributed by atoms with E-state index in [9.17, 15) is 4.79 Å². The first kappa shape index (κ1) is 14.9. The van der Waals surface area contributed by atoms with Crippen LogP contribution in [0.4, 0.5) is 11.4 Å². The lowest BCUT2D eigenvalue weighted by atomic mass is 9.85. The molecule has 1 fully saturated rings. The molecule has 0 saturated heterocycles. The summed E-state index contributed by atoms with van der Waals surface area (Å²) in [4.78, 5) is 14.3.